The van der Waals surface area contributed by atoms with Gasteiger partial charge in [-0.25, -0.2) is 0 Å². The van der Waals surface area contributed by atoms with Crippen molar-refractivity contribution in [3.05, 3.63) is 0 Å². The second-order valence-corrected chi connectivity index (χ2v) is 5.92. The average molecular weight is 222 g/mol. The lowest BCUT2D eigenvalue weighted by molar-refractivity contribution is -0.143. The van der Waals surface area contributed by atoms with Crippen molar-refractivity contribution >= 4 is 11.8 Å². The molecule has 1 aliphatic carbocycles. The first-order valence-electron chi connectivity index (χ1n) is 6.09. The SMILES string of the molecule is CC1(C)C2C(=O)N(CC3CCNC3)C(=O)C21. The summed E-state index contributed by atoms with van der Waals surface area (Å²) in [6, 6.07) is 0. The lowest BCUT2D eigenvalue weighted by Crippen LogP contribution is -2.40. The van der Waals surface area contributed by atoms with E-state index in [1.165, 1.54) is 4.90 Å². The van der Waals surface area contributed by atoms with E-state index in [4.69, 9.17) is 0 Å². The van der Waals surface area contributed by atoms with Gasteiger partial charge in [-0.2, -0.15) is 0 Å². The molecule has 3 rings (SSSR count). The summed E-state index contributed by atoms with van der Waals surface area (Å²) in [5, 5.41) is 3.27. The molecule has 3 fully saturated rings. The van der Waals surface area contributed by atoms with Gasteiger partial charge in [-0.3, -0.25) is 14.5 Å². The fourth-order valence-corrected chi connectivity index (χ4v) is 3.31. The zero-order valence-corrected chi connectivity index (χ0v) is 9.82. The molecule has 16 heavy (non-hydrogen) atoms. The average Bonchev–Trinajstić information content (AvgIpc) is 2.59. The Bertz CT molecular complexity index is 334. The van der Waals surface area contributed by atoms with Gasteiger partial charge in [-0.15, -0.1) is 0 Å². The number of amides is 2. The third-order valence-corrected chi connectivity index (χ3v) is 4.49. The molecular formula is C12H18N2O2. The van der Waals surface area contributed by atoms with Crippen LogP contribution in [0.2, 0.25) is 0 Å². The van der Waals surface area contributed by atoms with E-state index in [9.17, 15) is 9.59 Å². The summed E-state index contributed by atoms with van der Waals surface area (Å²) in [6.45, 7) is 6.63. The van der Waals surface area contributed by atoms with Crippen molar-refractivity contribution in [3.8, 4) is 0 Å². The van der Waals surface area contributed by atoms with Crippen molar-refractivity contribution in [2.75, 3.05) is 19.6 Å². The summed E-state index contributed by atoms with van der Waals surface area (Å²) in [5.74, 6) is 0.580. The van der Waals surface area contributed by atoms with Crippen LogP contribution in [0.3, 0.4) is 0 Å². The molecule has 3 aliphatic rings. The van der Waals surface area contributed by atoms with E-state index in [1.54, 1.807) is 0 Å². The second-order valence-electron chi connectivity index (χ2n) is 5.92. The maximum Gasteiger partial charge on any atom is 0.233 e. The molecule has 0 aromatic heterocycles. The molecule has 3 unspecified atom stereocenters. The number of hydrogen-bond acceptors (Lipinski definition) is 3. The number of rotatable bonds is 2. The van der Waals surface area contributed by atoms with Crippen LogP contribution in [0.1, 0.15) is 20.3 Å². The Balaban J connectivity index is 1.70. The van der Waals surface area contributed by atoms with Gasteiger partial charge in [0.2, 0.25) is 11.8 Å². The van der Waals surface area contributed by atoms with Gasteiger partial charge in [0.1, 0.15) is 0 Å². The van der Waals surface area contributed by atoms with Crippen LogP contribution < -0.4 is 5.32 Å². The summed E-state index contributed by atoms with van der Waals surface area (Å²) >= 11 is 0. The maximum absolute atomic E-state index is 12.0. The fourth-order valence-electron chi connectivity index (χ4n) is 3.31. The van der Waals surface area contributed by atoms with Gasteiger partial charge in [0.05, 0.1) is 11.8 Å². The van der Waals surface area contributed by atoms with Crippen LogP contribution >= 0.6 is 0 Å². The Morgan fingerprint density at radius 3 is 2.44 bits per heavy atom. The number of nitrogens with one attached hydrogen (secondary N) is 1. The van der Waals surface area contributed by atoms with Crippen molar-refractivity contribution in [3.63, 3.8) is 0 Å². The molecule has 2 saturated heterocycles. The number of hydrogen-bond donors (Lipinski definition) is 1. The highest BCUT2D eigenvalue weighted by Crippen LogP contribution is 2.63. The summed E-state index contributed by atoms with van der Waals surface area (Å²) in [5.41, 5.74) is -0.0708. The molecular weight excluding hydrogens is 204 g/mol. The van der Waals surface area contributed by atoms with Crippen molar-refractivity contribution in [2.45, 2.75) is 20.3 Å². The maximum atomic E-state index is 12.0. The van der Waals surface area contributed by atoms with E-state index in [1.807, 2.05) is 13.8 Å². The van der Waals surface area contributed by atoms with Crippen LogP contribution in [0.5, 0.6) is 0 Å². The predicted molar refractivity (Wildman–Crippen MR) is 58.5 cm³/mol. The van der Waals surface area contributed by atoms with Gasteiger partial charge in [0.15, 0.2) is 0 Å². The Kier molecular flexibility index (Phi) is 1.97. The zero-order chi connectivity index (χ0) is 11.5. The van der Waals surface area contributed by atoms with Crippen molar-refractivity contribution < 1.29 is 9.59 Å². The Morgan fingerprint density at radius 2 is 1.94 bits per heavy atom. The van der Waals surface area contributed by atoms with Crippen LogP contribution in [-0.2, 0) is 9.59 Å². The number of carbonyl (C=O) groups is 2. The Hall–Kier alpha value is -0.900. The fraction of sp³-hybridized carbons (Fsp3) is 0.833. The largest absolute Gasteiger partial charge is 0.316 e. The molecule has 3 atom stereocenters. The number of imide groups is 1. The Morgan fingerprint density at radius 1 is 1.31 bits per heavy atom. The normalized spacial score (nSPS) is 40.4. The van der Waals surface area contributed by atoms with E-state index in [0.29, 0.717) is 12.5 Å². The third kappa shape index (κ3) is 1.19. The quantitative estimate of drug-likeness (QED) is 0.681. The molecule has 4 heteroatoms. The summed E-state index contributed by atoms with van der Waals surface area (Å²) in [4.78, 5) is 25.6. The molecule has 0 bridgehead atoms. The van der Waals surface area contributed by atoms with Gasteiger partial charge < -0.3 is 5.32 Å². The predicted octanol–water partition coefficient (Wildman–Crippen LogP) is 0.237. The zero-order valence-electron chi connectivity index (χ0n) is 9.82. The minimum Gasteiger partial charge on any atom is -0.316 e. The first-order valence-corrected chi connectivity index (χ1v) is 6.09. The minimum atomic E-state index is -0.0708. The number of likely N-dealkylation sites (tertiary alicyclic amines) is 1. The van der Waals surface area contributed by atoms with Gasteiger partial charge >= 0.3 is 0 Å². The first-order chi connectivity index (χ1) is 7.53. The monoisotopic (exact) mass is 222 g/mol. The van der Waals surface area contributed by atoms with E-state index in [2.05, 4.69) is 5.32 Å². The Labute approximate surface area is 95.4 Å². The highest BCUT2D eigenvalue weighted by atomic mass is 16.2. The molecule has 2 aliphatic heterocycles. The summed E-state index contributed by atoms with van der Waals surface area (Å²) < 4.78 is 0. The van der Waals surface area contributed by atoms with Gasteiger partial charge in [0.25, 0.3) is 0 Å². The molecule has 88 valence electrons. The minimum absolute atomic E-state index is 0.0191. The summed E-state index contributed by atoms with van der Waals surface area (Å²) in [7, 11) is 0. The highest BCUT2D eigenvalue weighted by Gasteiger charge is 2.72. The van der Waals surface area contributed by atoms with Crippen LogP contribution in [0.4, 0.5) is 0 Å². The van der Waals surface area contributed by atoms with Crippen molar-refractivity contribution in [1.82, 2.24) is 10.2 Å². The number of carbonyl (C=O) groups excluding carboxylic acids is 2. The highest BCUT2D eigenvalue weighted by molar-refractivity contribution is 6.10. The lowest BCUT2D eigenvalue weighted by atomic mass is 10.0. The van der Waals surface area contributed by atoms with Gasteiger partial charge in [-0.1, -0.05) is 13.8 Å². The second kappa shape index (κ2) is 3.06. The molecule has 1 N–H and O–H groups in total. The molecule has 1 saturated carbocycles. The third-order valence-electron chi connectivity index (χ3n) is 4.49. The smallest absolute Gasteiger partial charge is 0.233 e. The van der Waals surface area contributed by atoms with Crippen molar-refractivity contribution in [1.29, 1.82) is 0 Å². The van der Waals surface area contributed by atoms with E-state index in [-0.39, 0.29) is 29.1 Å². The van der Waals surface area contributed by atoms with Crippen LogP contribution in [0, 0.1) is 23.2 Å². The number of fused-ring (bicyclic) bond motifs is 1. The van der Waals surface area contributed by atoms with Crippen LogP contribution in [-0.4, -0.2) is 36.3 Å². The topological polar surface area (TPSA) is 49.4 Å². The van der Waals surface area contributed by atoms with E-state index >= 15 is 0 Å². The first kappa shape index (κ1) is 10.3. The number of nitrogens with zero attached hydrogens (tertiary/aromatic N) is 1. The molecule has 0 radical (unpaired) electrons. The number of piperidine rings is 1. The standard InChI is InChI=1S/C12H18N2O2/c1-12(2)8-9(12)11(16)14(10(8)15)6-7-3-4-13-5-7/h7-9,13H,3-6H2,1-2H3. The van der Waals surface area contributed by atoms with E-state index in [0.717, 1.165) is 19.5 Å². The van der Waals surface area contributed by atoms with Gasteiger partial charge in [0, 0.05) is 6.54 Å². The molecule has 2 amide bonds. The molecule has 2 heterocycles. The summed E-state index contributed by atoms with van der Waals surface area (Å²) in [6.07, 6.45) is 1.08. The van der Waals surface area contributed by atoms with Crippen LogP contribution in [0.15, 0.2) is 0 Å². The molecule has 0 aromatic carbocycles. The molecule has 0 spiro atoms. The van der Waals surface area contributed by atoms with E-state index < -0.39 is 0 Å². The molecule has 4 nitrogen and oxygen atoms in total. The van der Waals surface area contributed by atoms with Crippen molar-refractivity contribution in [2.24, 2.45) is 23.2 Å². The van der Waals surface area contributed by atoms with Crippen LogP contribution in [0.25, 0.3) is 0 Å². The van der Waals surface area contributed by atoms with Gasteiger partial charge in [-0.05, 0) is 30.8 Å². The molecule has 0 aromatic rings. The lowest BCUT2D eigenvalue weighted by Gasteiger charge is -2.23.